The lowest BCUT2D eigenvalue weighted by Crippen LogP contribution is -2.05. The van der Waals surface area contributed by atoms with Crippen LogP contribution in [0, 0.1) is 6.92 Å². The molecule has 0 amide bonds. The van der Waals surface area contributed by atoms with Crippen molar-refractivity contribution in [3.05, 3.63) is 29.6 Å². The minimum atomic E-state index is 0.524. The lowest BCUT2D eigenvalue weighted by Gasteiger charge is -1.97. The first-order valence-corrected chi connectivity index (χ1v) is 4.60. The van der Waals surface area contributed by atoms with E-state index < -0.39 is 0 Å². The van der Waals surface area contributed by atoms with E-state index in [-0.39, 0.29) is 0 Å². The van der Waals surface area contributed by atoms with E-state index in [4.69, 9.17) is 5.73 Å². The molecule has 2 aromatic rings. The molecule has 0 bridgehead atoms. The number of nitrogens with zero attached hydrogens (tertiary/aromatic N) is 2. The first-order valence-electron chi connectivity index (χ1n) is 4.60. The van der Waals surface area contributed by atoms with Crippen LogP contribution in [0.2, 0.25) is 0 Å². The smallest absolute Gasteiger partial charge is 0.112 e. The van der Waals surface area contributed by atoms with Crippen LogP contribution in [0.5, 0.6) is 0 Å². The molecule has 0 aliphatic heterocycles. The molecule has 4 nitrogen and oxygen atoms in total. The lowest BCUT2D eigenvalue weighted by atomic mass is 10.1. The Balaban J connectivity index is 2.55. The molecular weight excluding hydrogens is 176 g/mol. The lowest BCUT2D eigenvalue weighted by molar-refractivity contribution is 0.712. The minimum absolute atomic E-state index is 0.524. The number of aromatic amines is 1. The number of nitrogens with one attached hydrogen (secondary N) is 1. The van der Waals surface area contributed by atoms with E-state index in [0.717, 1.165) is 22.6 Å². The van der Waals surface area contributed by atoms with Crippen LogP contribution < -0.4 is 5.73 Å². The number of aryl methyl sites for hydroxylation is 1. The molecule has 0 saturated heterocycles. The first kappa shape index (κ1) is 9.02. The SMILES string of the molecule is Cc1c(-c2ccc[nH]2)nn(C)c1CN. The van der Waals surface area contributed by atoms with Crippen molar-refractivity contribution in [3.63, 3.8) is 0 Å². The Hall–Kier alpha value is -1.55. The van der Waals surface area contributed by atoms with Crippen molar-refractivity contribution in [2.75, 3.05) is 0 Å². The van der Waals surface area contributed by atoms with Crippen LogP contribution in [0.3, 0.4) is 0 Å². The van der Waals surface area contributed by atoms with Crippen LogP contribution >= 0.6 is 0 Å². The second kappa shape index (κ2) is 3.31. The molecule has 2 rings (SSSR count). The largest absolute Gasteiger partial charge is 0.360 e. The van der Waals surface area contributed by atoms with Gasteiger partial charge in [-0.05, 0) is 19.1 Å². The number of rotatable bonds is 2. The summed E-state index contributed by atoms with van der Waals surface area (Å²) < 4.78 is 1.84. The highest BCUT2D eigenvalue weighted by Gasteiger charge is 2.12. The van der Waals surface area contributed by atoms with Gasteiger partial charge >= 0.3 is 0 Å². The van der Waals surface area contributed by atoms with Gasteiger partial charge in [0.05, 0.1) is 11.4 Å². The van der Waals surface area contributed by atoms with Crippen LogP contribution in [-0.2, 0) is 13.6 Å². The van der Waals surface area contributed by atoms with E-state index in [0.29, 0.717) is 6.54 Å². The Kier molecular flexibility index (Phi) is 2.13. The zero-order valence-electron chi connectivity index (χ0n) is 8.41. The number of nitrogens with two attached hydrogens (primary N) is 1. The van der Waals surface area contributed by atoms with Crippen molar-refractivity contribution in [1.82, 2.24) is 14.8 Å². The average Bonchev–Trinajstić information content (AvgIpc) is 2.74. The van der Waals surface area contributed by atoms with Gasteiger partial charge in [-0.25, -0.2) is 0 Å². The summed E-state index contributed by atoms with van der Waals surface area (Å²) in [5.41, 5.74) is 9.90. The molecular formula is C10H14N4. The predicted molar refractivity (Wildman–Crippen MR) is 55.6 cm³/mol. The van der Waals surface area contributed by atoms with Crippen LogP contribution in [0.25, 0.3) is 11.4 Å². The number of hydrogen-bond donors (Lipinski definition) is 2. The summed E-state index contributed by atoms with van der Waals surface area (Å²) in [6.45, 7) is 2.57. The Morgan fingerprint density at radius 2 is 2.36 bits per heavy atom. The van der Waals surface area contributed by atoms with Gasteiger partial charge in [0, 0.05) is 25.4 Å². The second-order valence-corrected chi connectivity index (χ2v) is 3.33. The van der Waals surface area contributed by atoms with Gasteiger partial charge in [0.15, 0.2) is 0 Å². The van der Waals surface area contributed by atoms with Gasteiger partial charge in [-0.3, -0.25) is 4.68 Å². The van der Waals surface area contributed by atoms with Gasteiger partial charge in [0.1, 0.15) is 5.69 Å². The minimum Gasteiger partial charge on any atom is -0.360 e. The van der Waals surface area contributed by atoms with E-state index in [2.05, 4.69) is 10.1 Å². The molecule has 0 aliphatic rings. The molecule has 0 aromatic carbocycles. The Labute approximate surface area is 82.7 Å². The molecule has 14 heavy (non-hydrogen) atoms. The van der Waals surface area contributed by atoms with Crippen molar-refractivity contribution >= 4 is 0 Å². The predicted octanol–water partition coefficient (Wildman–Crippen LogP) is 1.18. The van der Waals surface area contributed by atoms with Crippen molar-refractivity contribution in [2.24, 2.45) is 12.8 Å². The zero-order valence-corrected chi connectivity index (χ0v) is 8.41. The van der Waals surface area contributed by atoms with Gasteiger partial charge < -0.3 is 10.7 Å². The maximum atomic E-state index is 5.65. The van der Waals surface area contributed by atoms with Crippen molar-refractivity contribution in [1.29, 1.82) is 0 Å². The third-order valence-corrected chi connectivity index (χ3v) is 2.48. The summed E-state index contributed by atoms with van der Waals surface area (Å²) in [7, 11) is 1.92. The molecule has 2 heterocycles. The third-order valence-electron chi connectivity index (χ3n) is 2.48. The van der Waals surface area contributed by atoms with Crippen molar-refractivity contribution in [3.8, 4) is 11.4 Å². The summed E-state index contributed by atoms with van der Waals surface area (Å²) in [5.74, 6) is 0. The van der Waals surface area contributed by atoms with Crippen molar-refractivity contribution in [2.45, 2.75) is 13.5 Å². The van der Waals surface area contributed by atoms with Gasteiger partial charge in [-0.1, -0.05) is 0 Å². The Bertz CT molecular complexity index is 425. The zero-order chi connectivity index (χ0) is 10.1. The fraction of sp³-hybridized carbons (Fsp3) is 0.300. The quantitative estimate of drug-likeness (QED) is 0.747. The van der Waals surface area contributed by atoms with E-state index >= 15 is 0 Å². The molecule has 0 aliphatic carbocycles. The third kappa shape index (κ3) is 1.24. The van der Waals surface area contributed by atoms with Crippen molar-refractivity contribution < 1.29 is 0 Å². The van der Waals surface area contributed by atoms with Gasteiger partial charge in [-0.2, -0.15) is 5.10 Å². The van der Waals surface area contributed by atoms with E-state index in [1.165, 1.54) is 0 Å². The first-order chi connectivity index (χ1) is 6.74. The molecule has 74 valence electrons. The highest BCUT2D eigenvalue weighted by Crippen LogP contribution is 2.22. The highest BCUT2D eigenvalue weighted by molar-refractivity contribution is 5.59. The van der Waals surface area contributed by atoms with E-state index in [1.807, 2.05) is 37.0 Å². The fourth-order valence-electron chi connectivity index (χ4n) is 1.68. The summed E-state index contributed by atoms with van der Waals surface area (Å²) >= 11 is 0. The number of hydrogen-bond acceptors (Lipinski definition) is 2. The molecule has 4 heteroatoms. The maximum Gasteiger partial charge on any atom is 0.112 e. The van der Waals surface area contributed by atoms with Crippen LogP contribution in [0.4, 0.5) is 0 Å². The topological polar surface area (TPSA) is 59.6 Å². The normalized spacial score (nSPS) is 10.8. The van der Waals surface area contributed by atoms with Gasteiger partial charge in [0.25, 0.3) is 0 Å². The summed E-state index contributed by atoms with van der Waals surface area (Å²) in [6.07, 6.45) is 1.89. The van der Waals surface area contributed by atoms with Gasteiger partial charge in [-0.15, -0.1) is 0 Å². The number of aromatic nitrogens is 3. The summed E-state index contributed by atoms with van der Waals surface area (Å²) in [4.78, 5) is 3.14. The molecule has 0 atom stereocenters. The summed E-state index contributed by atoms with van der Waals surface area (Å²) in [6, 6.07) is 3.97. The molecule has 0 spiro atoms. The van der Waals surface area contributed by atoms with Gasteiger partial charge in [0.2, 0.25) is 0 Å². The number of H-pyrrole nitrogens is 1. The fourth-order valence-corrected chi connectivity index (χ4v) is 1.68. The molecule has 3 N–H and O–H groups in total. The monoisotopic (exact) mass is 190 g/mol. The van der Waals surface area contributed by atoms with Crippen LogP contribution in [-0.4, -0.2) is 14.8 Å². The average molecular weight is 190 g/mol. The standard InChI is InChI=1S/C10H14N4/c1-7-9(6-11)14(2)13-10(7)8-4-3-5-12-8/h3-5,12H,6,11H2,1-2H3. The summed E-state index contributed by atoms with van der Waals surface area (Å²) in [5, 5.41) is 4.43. The second-order valence-electron chi connectivity index (χ2n) is 3.33. The van der Waals surface area contributed by atoms with E-state index in [9.17, 15) is 0 Å². The molecule has 0 radical (unpaired) electrons. The maximum absolute atomic E-state index is 5.65. The highest BCUT2D eigenvalue weighted by atomic mass is 15.3. The van der Waals surface area contributed by atoms with E-state index in [1.54, 1.807) is 0 Å². The van der Waals surface area contributed by atoms with Crippen LogP contribution in [0.15, 0.2) is 18.3 Å². The molecule has 0 fully saturated rings. The Morgan fingerprint density at radius 1 is 1.57 bits per heavy atom. The van der Waals surface area contributed by atoms with Crippen LogP contribution in [0.1, 0.15) is 11.3 Å². The molecule has 0 unspecified atom stereocenters. The Morgan fingerprint density at radius 3 is 2.86 bits per heavy atom. The molecule has 2 aromatic heterocycles. The molecule has 0 saturated carbocycles.